The predicted molar refractivity (Wildman–Crippen MR) is 66.9 cm³/mol. The average molecular weight is 265 g/mol. The van der Waals surface area contributed by atoms with Crippen LogP contribution in [0.3, 0.4) is 0 Å². The van der Waals surface area contributed by atoms with Crippen molar-refractivity contribution in [2.45, 2.75) is 46.5 Å². The predicted octanol–water partition coefficient (Wildman–Crippen LogP) is 1.42. The molecule has 0 aromatic heterocycles. The van der Waals surface area contributed by atoms with E-state index in [4.69, 9.17) is 9.88 Å². The maximum absolute atomic E-state index is 11.9. The molecule has 0 aromatic carbocycles. The lowest BCUT2D eigenvalue weighted by molar-refractivity contribution is -0.156. The molecule has 0 radical (unpaired) electrons. The van der Waals surface area contributed by atoms with Gasteiger partial charge in [0.15, 0.2) is 0 Å². The minimum atomic E-state index is -3.45. The SMILES string of the molecule is CCOC(=O)C(CC)(CC)CCCS(N)(=O)=O. The molecule has 6 heteroatoms. The van der Waals surface area contributed by atoms with Gasteiger partial charge in [-0.05, 0) is 32.6 Å². The Bertz CT molecular complexity index is 333. The first-order valence-corrected chi connectivity index (χ1v) is 7.70. The summed E-state index contributed by atoms with van der Waals surface area (Å²) in [7, 11) is -3.45. The molecular formula is C11H23NO4S. The molecule has 0 fully saturated rings. The molecule has 102 valence electrons. The number of carbonyl (C=O) groups is 1. The van der Waals surface area contributed by atoms with Crippen LogP contribution in [0.5, 0.6) is 0 Å². The van der Waals surface area contributed by atoms with Crippen LogP contribution in [0, 0.1) is 5.41 Å². The Labute approximate surface area is 104 Å². The molecule has 0 bridgehead atoms. The summed E-state index contributed by atoms with van der Waals surface area (Å²) in [4.78, 5) is 11.9. The fourth-order valence-electron chi connectivity index (χ4n) is 1.89. The van der Waals surface area contributed by atoms with Gasteiger partial charge in [0.05, 0.1) is 17.8 Å². The second kappa shape index (κ2) is 6.96. The van der Waals surface area contributed by atoms with Gasteiger partial charge in [0, 0.05) is 0 Å². The highest BCUT2D eigenvalue weighted by Gasteiger charge is 2.35. The molecular weight excluding hydrogens is 242 g/mol. The molecule has 0 saturated carbocycles. The molecule has 5 nitrogen and oxygen atoms in total. The summed E-state index contributed by atoms with van der Waals surface area (Å²) in [5.41, 5.74) is -0.569. The summed E-state index contributed by atoms with van der Waals surface area (Å²) in [5.74, 6) is -0.326. The first-order chi connectivity index (χ1) is 7.81. The van der Waals surface area contributed by atoms with E-state index < -0.39 is 15.4 Å². The smallest absolute Gasteiger partial charge is 0.312 e. The summed E-state index contributed by atoms with van der Waals surface area (Å²) in [6, 6.07) is 0. The Kier molecular flexibility index (Phi) is 6.70. The van der Waals surface area contributed by atoms with Crippen LogP contribution in [0.25, 0.3) is 0 Å². The highest BCUT2D eigenvalue weighted by atomic mass is 32.2. The number of hydrogen-bond donors (Lipinski definition) is 1. The minimum Gasteiger partial charge on any atom is -0.466 e. The van der Waals surface area contributed by atoms with Gasteiger partial charge in [0.1, 0.15) is 0 Å². The van der Waals surface area contributed by atoms with E-state index in [0.717, 1.165) is 0 Å². The van der Waals surface area contributed by atoms with Gasteiger partial charge in [0.25, 0.3) is 0 Å². The summed E-state index contributed by atoms with van der Waals surface area (Å²) in [5, 5.41) is 4.94. The Hall–Kier alpha value is -0.620. The number of carbonyl (C=O) groups excluding carboxylic acids is 1. The fourth-order valence-corrected chi connectivity index (χ4v) is 2.44. The largest absolute Gasteiger partial charge is 0.466 e. The maximum Gasteiger partial charge on any atom is 0.312 e. The molecule has 0 rings (SSSR count). The number of sulfonamides is 1. The first kappa shape index (κ1) is 16.4. The first-order valence-electron chi connectivity index (χ1n) is 5.99. The van der Waals surface area contributed by atoms with Gasteiger partial charge < -0.3 is 4.74 Å². The highest BCUT2D eigenvalue weighted by Crippen LogP contribution is 2.33. The van der Waals surface area contributed by atoms with Gasteiger partial charge in [-0.25, -0.2) is 13.6 Å². The lowest BCUT2D eigenvalue weighted by atomic mass is 9.78. The quantitative estimate of drug-likeness (QED) is 0.672. The standard InChI is InChI=1S/C11H23NO4S/c1-4-11(5-2,10(13)16-6-3)8-7-9-17(12,14)15/h4-9H2,1-3H3,(H2,12,14,15). The molecule has 0 atom stereocenters. The number of esters is 1. The summed E-state index contributed by atoms with van der Waals surface area (Å²) in [6.45, 7) is 5.93. The molecule has 17 heavy (non-hydrogen) atoms. The van der Waals surface area contributed by atoms with Crippen LogP contribution >= 0.6 is 0 Å². The van der Waals surface area contributed by atoms with Crippen molar-refractivity contribution in [3.63, 3.8) is 0 Å². The Morgan fingerprint density at radius 1 is 1.24 bits per heavy atom. The van der Waals surface area contributed by atoms with E-state index in [1.54, 1.807) is 6.92 Å². The normalized spacial score (nSPS) is 12.5. The highest BCUT2D eigenvalue weighted by molar-refractivity contribution is 7.89. The number of primary sulfonamides is 1. The molecule has 0 amide bonds. The van der Waals surface area contributed by atoms with Crippen LogP contribution in [-0.4, -0.2) is 26.7 Å². The van der Waals surface area contributed by atoms with E-state index in [2.05, 4.69) is 0 Å². The third-order valence-corrected chi connectivity index (χ3v) is 4.00. The number of hydrogen-bond acceptors (Lipinski definition) is 4. The Morgan fingerprint density at radius 3 is 2.12 bits per heavy atom. The number of rotatable bonds is 8. The van der Waals surface area contributed by atoms with E-state index in [-0.39, 0.29) is 11.7 Å². The van der Waals surface area contributed by atoms with Crippen molar-refractivity contribution in [1.82, 2.24) is 0 Å². The van der Waals surface area contributed by atoms with Gasteiger partial charge >= 0.3 is 5.97 Å². The van der Waals surface area contributed by atoms with Crippen LogP contribution in [-0.2, 0) is 19.6 Å². The van der Waals surface area contributed by atoms with Crippen molar-refractivity contribution in [3.05, 3.63) is 0 Å². The van der Waals surface area contributed by atoms with E-state index in [9.17, 15) is 13.2 Å². The molecule has 0 unspecified atom stereocenters. The lowest BCUT2D eigenvalue weighted by Gasteiger charge is -2.28. The average Bonchev–Trinajstić information content (AvgIpc) is 2.23. The van der Waals surface area contributed by atoms with E-state index in [1.165, 1.54) is 0 Å². The minimum absolute atomic E-state index is 0.0891. The number of nitrogens with two attached hydrogens (primary N) is 1. The van der Waals surface area contributed by atoms with E-state index in [1.807, 2.05) is 13.8 Å². The maximum atomic E-state index is 11.9. The van der Waals surface area contributed by atoms with Gasteiger partial charge in [-0.1, -0.05) is 13.8 Å². The second-order valence-corrected chi connectivity index (χ2v) is 5.91. The van der Waals surface area contributed by atoms with Gasteiger partial charge in [-0.2, -0.15) is 0 Å². The molecule has 0 aliphatic rings. The molecule has 0 aliphatic heterocycles. The van der Waals surface area contributed by atoms with Crippen LogP contribution in [0.1, 0.15) is 46.5 Å². The third-order valence-electron chi connectivity index (χ3n) is 3.15. The Morgan fingerprint density at radius 2 is 1.76 bits per heavy atom. The molecule has 0 spiro atoms. The van der Waals surface area contributed by atoms with Crippen molar-refractivity contribution in [3.8, 4) is 0 Å². The van der Waals surface area contributed by atoms with Crippen molar-refractivity contribution < 1.29 is 17.9 Å². The van der Waals surface area contributed by atoms with Gasteiger partial charge in [0.2, 0.25) is 10.0 Å². The van der Waals surface area contributed by atoms with Crippen LogP contribution in [0.2, 0.25) is 0 Å². The number of ether oxygens (including phenoxy) is 1. The summed E-state index contributed by atoms with van der Waals surface area (Å²) >= 11 is 0. The van der Waals surface area contributed by atoms with Crippen molar-refractivity contribution in [1.29, 1.82) is 0 Å². The van der Waals surface area contributed by atoms with Crippen molar-refractivity contribution in [2.24, 2.45) is 10.6 Å². The molecule has 0 aromatic rings. The second-order valence-electron chi connectivity index (χ2n) is 4.18. The molecule has 0 aliphatic carbocycles. The summed E-state index contributed by atoms with van der Waals surface area (Å²) < 4.78 is 26.8. The van der Waals surface area contributed by atoms with Gasteiger partial charge in [-0.3, -0.25) is 4.79 Å². The lowest BCUT2D eigenvalue weighted by Crippen LogP contribution is -2.33. The summed E-state index contributed by atoms with van der Waals surface area (Å²) in [6.07, 6.45) is 2.18. The van der Waals surface area contributed by atoms with E-state index >= 15 is 0 Å². The van der Waals surface area contributed by atoms with Crippen molar-refractivity contribution >= 4 is 16.0 Å². The van der Waals surface area contributed by atoms with Crippen LogP contribution in [0.4, 0.5) is 0 Å². The molecule has 0 saturated heterocycles. The van der Waals surface area contributed by atoms with E-state index in [0.29, 0.717) is 32.3 Å². The molecule has 2 N–H and O–H groups in total. The van der Waals surface area contributed by atoms with Crippen molar-refractivity contribution in [2.75, 3.05) is 12.4 Å². The van der Waals surface area contributed by atoms with Gasteiger partial charge in [-0.15, -0.1) is 0 Å². The monoisotopic (exact) mass is 265 g/mol. The zero-order valence-electron chi connectivity index (χ0n) is 10.9. The third kappa shape index (κ3) is 5.50. The fraction of sp³-hybridized carbons (Fsp3) is 0.909. The zero-order chi connectivity index (χ0) is 13.5. The molecule has 0 heterocycles. The zero-order valence-corrected chi connectivity index (χ0v) is 11.7. The Balaban J connectivity index is 4.56. The topological polar surface area (TPSA) is 86.5 Å². The van der Waals surface area contributed by atoms with Crippen LogP contribution < -0.4 is 5.14 Å². The van der Waals surface area contributed by atoms with Crippen LogP contribution in [0.15, 0.2) is 0 Å².